The zero-order chi connectivity index (χ0) is 16.4. The van der Waals surface area contributed by atoms with Crippen LogP contribution in [0.4, 0.5) is 11.4 Å². The maximum absolute atomic E-state index is 11.0. The van der Waals surface area contributed by atoms with E-state index < -0.39 is 4.92 Å². The number of imidazole rings is 1. The first-order valence-corrected chi connectivity index (χ1v) is 7.67. The quantitative estimate of drug-likeness (QED) is 0.626. The molecule has 2 aromatic rings. The summed E-state index contributed by atoms with van der Waals surface area (Å²) in [6.07, 6.45) is 6.00. The average molecular weight is 316 g/mol. The van der Waals surface area contributed by atoms with Gasteiger partial charge in [-0.25, -0.2) is 4.98 Å². The fourth-order valence-corrected chi connectivity index (χ4v) is 3.18. The Morgan fingerprint density at radius 3 is 2.96 bits per heavy atom. The number of rotatable bonds is 5. The molecule has 23 heavy (non-hydrogen) atoms. The standard InChI is InChI=1S/C16H20N4O3/c1-12-17-7-9-18(12)11-14-4-3-8-19(14)13-5-6-15(20(21)22)16(10-13)23-2/h5-7,9-10,14H,3-4,8,11H2,1-2H3. The van der Waals surface area contributed by atoms with Crippen molar-refractivity contribution < 1.29 is 9.66 Å². The Bertz CT molecular complexity index is 713. The molecule has 1 fully saturated rings. The predicted octanol–water partition coefficient (Wildman–Crippen LogP) is 2.78. The van der Waals surface area contributed by atoms with Gasteiger partial charge < -0.3 is 14.2 Å². The fraction of sp³-hybridized carbons (Fsp3) is 0.438. The summed E-state index contributed by atoms with van der Waals surface area (Å²) in [6.45, 7) is 3.80. The summed E-state index contributed by atoms with van der Waals surface area (Å²) in [5.74, 6) is 1.30. The Labute approximate surface area is 134 Å². The van der Waals surface area contributed by atoms with Crippen LogP contribution >= 0.6 is 0 Å². The normalized spacial score (nSPS) is 17.5. The monoisotopic (exact) mass is 316 g/mol. The van der Waals surface area contributed by atoms with E-state index in [4.69, 9.17) is 4.74 Å². The van der Waals surface area contributed by atoms with Crippen LogP contribution in [0.1, 0.15) is 18.7 Å². The summed E-state index contributed by atoms with van der Waals surface area (Å²) < 4.78 is 7.33. The molecular weight excluding hydrogens is 296 g/mol. The van der Waals surface area contributed by atoms with E-state index in [9.17, 15) is 10.1 Å². The first-order valence-electron chi connectivity index (χ1n) is 7.67. The zero-order valence-electron chi connectivity index (χ0n) is 13.3. The summed E-state index contributed by atoms with van der Waals surface area (Å²) in [6, 6.07) is 5.44. The number of nitrogens with zero attached hydrogens (tertiary/aromatic N) is 4. The van der Waals surface area contributed by atoms with Crippen LogP contribution in [0.5, 0.6) is 5.75 Å². The van der Waals surface area contributed by atoms with Crippen molar-refractivity contribution in [3.05, 3.63) is 46.5 Å². The Hall–Kier alpha value is -2.57. The molecule has 1 aliphatic heterocycles. The molecule has 7 nitrogen and oxygen atoms in total. The van der Waals surface area contributed by atoms with Crippen LogP contribution in [-0.2, 0) is 6.54 Å². The molecule has 1 atom stereocenters. The molecule has 0 saturated carbocycles. The lowest BCUT2D eigenvalue weighted by atomic mass is 10.2. The van der Waals surface area contributed by atoms with Crippen molar-refractivity contribution >= 4 is 11.4 Å². The van der Waals surface area contributed by atoms with Gasteiger partial charge in [-0.15, -0.1) is 0 Å². The lowest BCUT2D eigenvalue weighted by Crippen LogP contribution is -2.33. The summed E-state index contributed by atoms with van der Waals surface area (Å²) in [5, 5.41) is 11.0. The lowest BCUT2D eigenvalue weighted by Gasteiger charge is -2.27. The van der Waals surface area contributed by atoms with Gasteiger partial charge in [0.15, 0.2) is 5.75 Å². The number of aryl methyl sites for hydroxylation is 1. The fourth-order valence-electron chi connectivity index (χ4n) is 3.18. The van der Waals surface area contributed by atoms with Crippen molar-refractivity contribution in [1.82, 2.24) is 9.55 Å². The molecule has 122 valence electrons. The van der Waals surface area contributed by atoms with E-state index in [1.807, 2.05) is 19.3 Å². The number of hydrogen-bond acceptors (Lipinski definition) is 5. The molecule has 1 aromatic carbocycles. The maximum atomic E-state index is 11.0. The first-order chi connectivity index (χ1) is 11.1. The van der Waals surface area contributed by atoms with Crippen LogP contribution in [0.15, 0.2) is 30.6 Å². The number of hydrogen-bond donors (Lipinski definition) is 0. The van der Waals surface area contributed by atoms with Crippen LogP contribution in [0.3, 0.4) is 0 Å². The van der Waals surface area contributed by atoms with Gasteiger partial charge in [-0.1, -0.05) is 0 Å². The number of nitro benzene ring substituents is 1. The highest BCUT2D eigenvalue weighted by molar-refractivity contribution is 5.60. The van der Waals surface area contributed by atoms with Gasteiger partial charge in [-0.05, 0) is 25.8 Å². The zero-order valence-corrected chi connectivity index (χ0v) is 13.3. The van der Waals surface area contributed by atoms with E-state index in [-0.39, 0.29) is 5.69 Å². The molecule has 0 aliphatic carbocycles. The number of aromatic nitrogens is 2. The van der Waals surface area contributed by atoms with Crippen molar-refractivity contribution in [2.45, 2.75) is 32.4 Å². The largest absolute Gasteiger partial charge is 0.490 e. The molecule has 3 rings (SSSR count). The van der Waals surface area contributed by atoms with Crippen molar-refractivity contribution in [3.63, 3.8) is 0 Å². The van der Waals surface area contributed by atoms with E-state index >= 15 is 0 Å². The van der Waals surface area contributed by atoms with E-state index in [0.29, 0.717) is 11.8 Å². The number of benzene rings is 1. The van der Waals surface area contributed by atoms with E-state index in [1.54, 1.807) is 12.1 Å². The molecule has 1 unspecified atom stereocenters. The molecule has 1 aliphatic rings. The molecule has 1 aromatic heterocycles. The molecule has 0 amide bonds. The summed E-state index contributed by atoms with van der Waals surface area (Å²) >= 11 is 0. The van der Waals surface area contributed by atoms with Crippen molar-refractivity contribution in [1.29, 1.82) is 0 Å². The predicted molar refractivity (Wildman–Crippen MR) is 87.0 cm³/mol. The summed E-state index contributed by atoms with van der Waals surface area (Å²) in [5.41, 5.74) is 0.963. The second kappa shape index (κ2) is 6.28. The van der Waals surface area contributed by atoms with Crippen molar-refractivity contribution in [3.8, 4) is 5.75 Å². The molecule has 7 heteroatoms. The minimum absolute atomic E-state index is 0.00236. The van der Waals surface area contributed by atoms with E-state index in [2.05, 4.69) is 14.5 Å². The molecule has 1 saturated heterocycles. The molecule has 0 radical (unpaired) electrons. The third-order valence-electron chi connectivity index (χ3n) is 4.40. The first kappa shape index (κ1) is 15.3. The minimum Gasteiger partial charge on any atom is -0.490 e. The molecule has 0 bridgehead atoms. The second-order valence-electron chi connectivity index (χ2n) is 5.73. The SMILES string of the molecule is COc1cc(N2CCCC2Cn2ccnc2C)ccc1[N+](=O)[O-]. The van der Waals surface area contributed by atoms with Gasteiger partial charge >= 0.3 is 5.69 Å². The van der Waals surface area contributed by atoms with Crippen LogP contribution in [0, 0.1) is 17.0 Å². The topological polar surface area (TPSA) is 73.4 Å². The van der Waals surface area contributed by atoms with Crippen LogP contribution in [-0.4, -0.2) is 34.2 Å². The molecule has 0 N–H and O–H groups in total. The Balaban J connectivity index is 1.85. The van der Waals surface area contributed by atoms with Gasteiger partial charge in [0.2, 0.25) is 0 Å². The summed E-state index contributed by atoms with van der Waals surface area (Å²) in [4.78, 5) is 17.2. The van der Waals surface area contributed by atoms with Crippen LogP contribution in [0.2, 0.25) is 0 Å². The lowest BCUT2D eigenvalue weighted by molar-refractivity contribution is -0.385. The number of nitro groups is 1. The van der Waals surface area contributed by atoms with Gasteiger partial charge in [0.1, 0.15) is 5.82 Å². The van der Waals surface area contributed by atoms with E-state index in [1.165, 1.54) is 13.2 Å². The second-order valence-corrected chi connectivity index (χ2v) is 5.73. The van der Waals surface area contributed by atoms with Gasteiger partial charge in [0, 0.05) is 49.3 Å². The number of ether oxygens (including phenoxy) is 1. The highest BCUT2D eigenvalue weighted by Gasteiger charge is 2.27. The van der Waals surface area contributed by atoms with Gasteiger partial charge in [-0.2, -0.15) is 0 Å². The van der Waals surface area contributed by atoms with E-state index in [0.717, 1.165) is 37.4 Å². The highest BCUT2D eigenvalue weighted by Crippen LogP contribution is 2.34. The van der Waals surface area contributed by atoms with Gasteiger partial charge in [-0.3, -0.25) is 10.1 Å². The third-order valence-corrected chi connectivity index (χ3v) is 4.40. The van der Waals surface area contributed by atoms with Crippen molar-refractivity contribution in [2.75, 3.05) is 18.6 Å². The Kier molecular flexibility index (Phi) is 4.18. The summed E-state index contributed by atoms with van der Waals surface area (Å²) in [7, 11) is 1.46. The smallest absolute Gasteiger partial charge is 0.311 e. The Morgan fingerprint density at radius 1 is 1.48 bits per heavy atom. The maximum Gasteiger partial charge on any atom is 0.311 e. The molecule has 0 spiro atoms. The van der Waals surface area contributed by atoms with Gasteiger partial charge in [0.05, 0.1) is 12.0 Å². The number of anilines is 1. The average Bonchev–Trinajstić information content (AvgIpc) is 3.16. The highest BCUT2D eigenvalue weighted by atomic mass is 16.6. The van der Waals surface area contributed by atoms with Crippen LogP contribution in [0.25, 0.3) is 0 Å². The van der Waals surface area contributed by atoms with Crippen LogP contribution < -0.4 is 9.64 Å². The van der Waals surface area contributed by atoms with Crippen molar-refractivity contribution in [2.24, 2.45) is 0 Å². The van der Waals surface area contributed by atoms with Gasteiger partial charge in [0.25, 0.3) is 0 Å². The molecule has 2 heterocycles. The molecular formula is C16H20N4O3. The Morgan fingerprint density at radius 2 is 2.30 bits per heavy atom. The third kappa shape index (κ3) is 2.99. The number of methoxy groups -OCH3 is 1. The minimum atomic E-state index is -0.418.